The van der Waals surface area contributed by atoms with Crippen molar-refractivity contribution in [2.24, 2.45) is 0 Å². The predicted octanol–water partition coefficient (Wildman–Crippen LogP) is 1.78. The zero-order chi connectivity index (χ0) is 14.6. The third-order valence-electron chi connectivity index (χ3n) is 2.24. The number of amides is 1. The second kappa shape index (κ2) is 6.04. The molecule has 0 fully saturated rings. The molecule has 0 aliphatic rings. The minimum absolute atomic E-state index is 0.151. The smallest absolute Gasteiger partial charge is 0.408 e. The highest BCUT2D eigenvalue weighted by Gasteiger charge is 2.30. The molecule has 0 saturated carbocycles. The monoisotopic (exact) mass is 261 g/mol. The van der Waals surface area contributed by atoms with Gasteiger partial charge in [-0.2, -0.15) is 0 Å². The molecule has 1 atom stereocenters. The molecule has 0 bridgehead atoms. The van der Waals surface area contributed by atoms with Gasteiger partial charge in [0.1, 0.15) is 11.6 Å². The number of carboxylic acid groups (broad SMARTS) is 1. The van der Waals surface area contributed by atoms with Gasteiger partial charge in [0.05, 0.1) is 5.60 Å². The van der Waals surface area contributed by atoms with E-state index in [1.54, 1.807) is 34.6 Å². The number of carboxylic acids is 1. The van der Waals surface area contributed by atoms with Gasteiger partial charge in [-0.15, -0.1) is 0 Å². The number of carbonyl (C=O) groups is 2. The molecule has 0 spiro atoms. The summed E-state index contributed by atoms with van der Waals surface area (Å²) in [6.07, 6.45) is -0.597. The highest BCUT2D eigenvalue weighted by molar-refractivity contribution is 5.80. The zero-order valence-electron chi connectivity index (χ0n) is 11.9. The standard InChI is InChI=1S/C12H23NO5/c1-11(2,3)18-10(16)13-8(9(14)15)7-12(4,5)17-6/h8H,7H2,1-6H3,(H,13,16)(H,14,15)/t8-/m0/s1. The SMILES string of the molecule is COC(C)(C)C[C@H](NC(=O)OC(C)(C)C)C(=O)O. The van der Waals surface area contributed by atoms with Crippen LogP contribution in [0.4, 0.5) is 4.79 Å². The van der Waals surface area contributed by atoms with E-state index in [9.17, 15) is 9.59 Å². The zero-order valence-corrected chi connectivity index (χ0v) is 11.9. The quantitative estimate of drug-likeness (QED) is 0.788. The summed E-state index contributed by atoms with van der Waals surface area (Å²) in [5.41, 5.74) is -1.30. The van der Waals surface area contributed by atoms with Crippen LogP contribution in [0.3, 0.4) is 0 Å². The summed E-state index contributed by atoms with van der Waals surface area (Å²) in [4.78, 5) is 22.6. The van der Waals surface area contributed by atoms with Gasteiger partial charge in [-0.1, -0.05) is 0 Å². The maximum Gasteiger partial charge on any atom is 0.408 e. The topological polar surface area (TPSA) is 84.9 Å². The Balaban J connectivity index is 4.56. The number of methoxy groups -OCH3 is 1. The fourth-order valence-corrected chi connectivity index (χ4v) is 1.22. The van der Waals surface area contributed by atoms with E-state index in [0.29, 0.717) is 0 Å². The molecule has 6 heteroatoms. The van der Waals surface area contributed by atoms with E-state index in [1.807, 2.05) is 0 Å². The fourth-order valence-electron chi connectivity index (χ4n) is 1.22. The lowest BCUT2D eigenvalue weighted by Gasteiger charge is -2.27. The molecule has 0 radical (unpaired) electrons. The minimum Gasteiger partial charge on any atom is -0.480 e. The first-order chi connectivity index (χ1) is 7.97. The number of hydrogen-bond acceptors (Lipinski definition) is 4. The van der Waals surface area contributed by atoms with Crippen LogP contribution >= 0.6 is 0 Å². The maximum atomic E-state index is 11.5. The number of aliphatic carboxylic acids is 1. The highest BCUT2D eigenvalue weighted by Crippen LogP contribution is 2.16. The lowest BCUT2D eigenvalue weighted by atomic mass is 9.99. The molecule has 0 aliphatic carbocycles. The second-order valence-electron chi connectivity index (χ2n) is 5.70. The molecule has 2 N–H and O–H groups in total. The molecule has 0 aromatic carbocycles. The van der Waals surface area contributed by atoms with Crippen LogP contribution in [-0.4, -0.2) is 41.5 Å². The molecule has 0 unspecified atom stereocenters. The van der Waals surface area contributed by atoms with Gasteiger partial charge in [0.15, 0.2) is 0 Å². The van der Waals surface area contributed by atoms with Crippen molar-refractivity contribution in [2.75, 3.05) is 7.11 Å². The molecule has 0 aromatic heterocycles. The Kier molecular flexibility index (Phi) is 5.60. The summed E-state index contributed by atoms with van der Waals surface area (Å²) in [6, 6.07) is -1.05. The summed E-state index contributed by atoms with van der Waals surface area (Å²) in [6.45, 7) is 8.63. The van der Waals surface area contributed by atoms with Crippen molar-refractivity contribution in [1.82, 2.24) is 5.32 Å². The van der Waals surface area contributed by atoms with Crippen molar-refractivity contribution in [3.8, 4) is 0 Å². The lowest BCUT2D eigenvalue weighted by Crippen LogP contribution is -2.47. The van der Waals surface area contributed by atoms with Crippen molar-refractivity contribution in [2.45, 2.75) is 58.3 Å². The van der Waals surface area contributed by atoms with E-state index in [0.717, 1.165) is 0 Å². The van der Waals surface area contributed by atoms with Crippen LogP contribution in [0, 0.1) is 0 Å². The number of ether oxygens (including phenoxy) is 2. The Morgan fingerprint density at radius 2 is 1.72 bits per heavy atom. The first-order valence-electron chi connectivity index (χ1n) is 5.74. The van der Waals surface area contributed by atoms with Crippen LogP contribution in [0.15, 0.2) is 0 Å². The molecular formula is C12H23NO5. The average molecular weight is 261 g/mol. The number of carbonyl (C=O) groups excluding carboxylic acids is 1. The molecule has 0 saturated heterocycles. The average Bonchev–Trinajstić information content (AvgIpc) is 2.13. The molecule has 18 heavy (non-hydrogen) atoms. The number of hydrogen-bond donors (Lipinski definition) is 2. The summed E-state index contributed by atoms with van der Waals surface area (Å²) in [5, 5.41) is 11.4. The molecule has 106 valence electrons. The van der Waals surface area contributed by atoms with Crippen LogP contribution in [0.25, 0.3) is 0 Å². The first kappa shape index (κ1) is 16.7. The van der Waals surface area contributed by atoms with Gasteiger partial charge in [-0.3, -0.25) is 0 Å². The van der Waals surface area contributed by atoms with Crippen LogP contribution in [0.2, 0.25) is 0 Å². The van der Waals surface area contributed by atoms with Crippen LogP contribution in [0.5, 0.6) is 0 Å². The molecule has 1 amide bonds. The third kappa shape index (κ3) is 7.11. The van der Waals surface area contributed by atoms with Crippen molar-refractivity contribution in [1.29, 1.82) is 0 Å². The molecule has 0 aliphatic heterocycles. The van der Waals surface area contributed by atoms with Gasteiger partial charge in [0.25, 0.3) is 0 Å². The van der Waals surface area contributed by atoms with Gasteiger partial charge in [0, 0.05) is 13.5 Å². The van der Waals surface area contributed by atoms with Gasteiger partial charge in [-0.05, 0) is 34.6 Å². The Labute approximate surface area is 108 Å². The Bertz CT molecular complexity index is 306. The number of alkyl carbamates (subject to hydrolysis) is 1. The van der Waals surface area contributed by atoms with Crippen LogP contribution < -0.4 is 5.32 Å². The van der Waals surface area contributed by atoms with Crippen molar-refractivity contribution >= 4 is 12.1 Å². The molecule has 6 nitrogen and oxygen atoms in total. The van der Waals surface area contributed by atoms with E-state index in [4.69, 9.17) is 14.6 Å². The summed E-state index contributed by atoms with van der Waals surface area (Å²) in [7, 11) is 1.49. The Morgan fingerprint density at radius 3 is 2.06 bits per heavy atom. The maximum absolute atomic E-state index is 11.5. The van der Waals surface area contributed by atoms with E-state index >= 15 is 0 Å². The van der Waals surface area contributed by atoms with E-state index in [-0.39, 0.29) is 6.42 Å². The molecule has 0 rings (SSSR count). The number of nitrogens with one attached hydrogen (secondary N) is 1. The lowest BCUT2D eigenvalue weighted by molar-refractivity contribution is -0.141. The third-order valence-corrected chi connectivity index (χ3v) is 2.24. The number of rotatable bonds is 5. The van der Waals surface area contributed by atoms with E-state index in [1.165, 1.54) is 7.11 Å². The van der Waals surface area contributed by atoms with Gasteiger partial charge >= 0.3 is 12.1 Å². The van der Waals surface area contributed by atoms with Gasteiger partial charge in [0.2, 0.25) is 0 Å². The Hall–Kier alpha value is -1.30. The van der Waals surface area contributed by atoms with E-state index < -0.39 is 29.3 Å². The van der Waals surface area contributed by atoms with Crippen molar-refractivity contribution in [3.63, 3.8) is 0 Å². The van der Waals surface area contributed by atoms with Gasteiger partial charge < -0.3 is 19.9 Å². The molecule has 0 heterocycles. The predicted molar refractivity (Wildman–Crippen MR) is 66.5 cm³/mol. The Morgan fingerprint density at radius 1 is 1.22 bits per heavy atom. The van der Waals surface area contributed by atoms with Gasteiger partial charge in [-0.25, -0.2) is 9.59 Å². The van der Waals surface area contributed by atoms with E-state index in [2.05, 4.69) is 5.32 Å². The summed E-state index contributed by atoms with van der Waals surface area (Å²) in [5.74, 6) is -1.12. The normalized spacial score (nSPS) is 13.9. The summed E-state index contributed by atoms with van der Waals surface area (Å²) < 4.78 is 10.2. The highest BCUT2D eigenvalue weighted by atomic mass is 16.6. The summed E-state index contributed by atoms with van der Waals surface area (Å²) >= 11 is 0. The van der Waals surface area contributed by atoms with Crippen molar-refractivity contribution < 1.29 is 24.2 Å². The first-order valence-corrected chi connectivity index (χ1v) is 5.74. The fraction of sp³-hybridized carbons (Fsp3) is 0.833. The largest absolute Gasteiger partial charge is 0.480 e. The molecule has 0 aromatic rings. The van der Waals surface area contributed by atoms with Crippen LogP contribution in [-0.2, 0) is 14.3 Å². The van der Waals surface area contributed by atoms with Crippen molar-refractivity contribution in [3.05, 3.63) is 0 Å². The molecular weight excluding hydrogens is 238 g/mol. The van der Waals surface area contributed by atoms with Crippen LogP contribution in [0.1, 0.15) is 41.0 Å². The second-order valence-corrected chi connectivity index (χ2v) is 5.70. The minimum atomic E-state index is -1.12.